The molecule has 0 saturated carbocycles. The maximum Gasteiger partial charge on any atom is 0.252 e. The van der Waals surface area contributed by atoms with Gasteiger partial charge in [0, 0.05) is 36.1 Å². The standard InChI is InChI=1S/C19H24N2O2S/c1-2-3-13-21(17-8-5-4-6-9-17)18(22)10-7-12-20-19(23)16-11-14-24-15-16/h4-6,8-9,11,14-15H,2-3,7,10,12-13H2,1H3,(H,20,23). The van der Waals surface area contributed by atoms with Gasteiger partial charge in [0.05, 0.1) is 0 Å². The zero-order valence-electron chi connectivity index (χ0n) is 14.0. The third kappa shape index (κ3) is 5.49. The van der Waals surface area contributed by atoms with Gasteiger partial charge in [-0.3, -0.25) is 9.59 Å². The molecule has 0 aliphatic carbocycles. The molecule has 2 amide bonds. The van der Waals surface area contributed by atoms with Gasteiger partial charge in [0.15, 0.2) is 0 Å². The molecular formula is C19H24N2O2S. The molecule has 0 atom stereocenters. The first kappa shape index (κ1) is 18.2. The minimum absolute atomic E-state index is 0.0744. The second kappa shape index (κ2) is 9.88. The van der Waals surface area contributed by atoms with Crippen LogP contribution < -0.4 is 10.2 Å². The molecule has 0 unspecified atom stereocenters. The molecule has 2 aromatic rings. The lowest BCUT2D eigenvalue weighted by atomic mass is 10.2. The number of nitrogens with zero attached hydrogens (tertiary/aromatic N) is 1. The summed E-state index contributed by atoms with van der Waals surface area (Å²) in [5.74, 6) is 0.0361. The average Bonchev–Trinajstić information content (AvgIpc) is 3.14. The summed E-state index contributed by atoms with van der Waals surface area (Å²) < 4.78 is 0. The zero-order chi connectivity index (χ0) is 17.2. The van der Waals surface area contributed by atoms with Gasteiger partial charge < -0.3 is 10.2 Å². The largest absolute Gasteiger partial charge is 0.352 e. The van der Waals surface area contributed by atoms with Gasteiger partial charge in [-0.2, -0.15) is 11.3 Å². The van der Waals surface area contributed by atoms with Crippen LogP contribution in [0.3, 0.4) is 0 Å². The van der Waals surface area contributed by atoms with Gasteiger partial charge in [-0.15, -0.1) is 0 Å². The lowest BCUT2D eigenvalue weighted by Gasteiger charge is -2.22. The number of nitrogens with one attached hydrogen (secondary N) is 1. The number of amides is 2. The summed E-state index contributed by atoms with van der Waals surface area (Å²) in [7, 11) is 0. The van der Waals surface area contributed by atoms with Crippen LogP contribution in [0.1, 0.15) is 43.0 Å². The van der Waals surface area contributed by atoms with E-state index in [2.05, 4.69) is 12.2 Å². The van der Waals surface area contributed by atoms with E-state index in [0.29, 0.717) is 24.9 Å². The minimum Gasteiger partial charge on any atom is -0.352 e. The van der Waals surface area contributed by atoms with Gasteiger partial charge >= 0.3 is 0 Å². The lowest BCUT2D eigenvalue weighted by molar-refractivity contribution is -0.118. The fourth-order valence-corrected chi connectivity index (χ4v) is 3.03. The molecule has 1 aromatic carbocycles. The van der Waals surface area contributed by atoms with Crippen LogP contribution in [0, 0.1) is 0 Å². The molecule has 4 nitrogen and oxygen atoms in total. The Kier molecular flexibility index (Phi) is 7.49. The summed E-state index contributed by atoms with van der Waals surface area (Å²) in [4.78, 5) is 26.2. The highest BCUT2D eigenvalue weighted by Crippen LogP contribution is 2.16. The van der Waals surface area contributed by atoms with E-state index in [1.54, 1.807) is 6.07 Å². The quantitative estimate of drug-likeness (QED) is 0.697. The Morgan fingerprint density at radius 3 is 2.58 bits per heavy atom. The molecule has 0 saturated heterocycles. The fraction of sp³-hybridized carbons (Fsp3) is 0.368. The van der Waals surface area contributed by atoms with Crippen molar-refractivity contribution in [1.82, 2.24) is 5.32 Å². The van der Waals surface area contributed by atoms with E-state index in [0.717, 1.165) is 25.1 Å². The Morgan fingerprint density at radius 1 is 1.12 bits per heavy atom. The number of unbranched alkanes of at least 4 members (excludes halogenated alkanes) is 1. The van der Waals surface area contributed by atoms with Gasteiger partial charge in [-0.05, 0) is 36.4 Å². The number of carbonyl (C=O) groups is 2. The van der Waals surface area contributed by atoms with E-state index in [1.807, 2.05) is 46.0 Å². The topological polar surface area (TPSA) is 49.4 Å². The molecule has 0 aliphatic heterocycles. The molecule has 0 fully saturated rings. The minimum atomic E-state index is -0.0744. The van der Waals surface area contributed by atoms with Crippen LogP contribution in [0.15, 0.2) is 47.2 Å². The summed E-state index contributed by atoms with van der Waals surface area (Å²) in [6.45, 7) is 3.37. The molecule has 0 spiro atoms. The van der Waals surface area contributed by atoms with E-state index in [9.17, 15) is 9.59 Å². The van der Waals surface area contributed by atoms with E-state index < -0.39 is 0 Å². The molecule has 0 radical (unpaired) electrons. The summed E-state index contributed by atoms with van der Waals surface area (Å²) >= 11 is 1.50. The van der Waals surface area contributed by atoms with Crippen LogP contribution in [0.2, 0.25) is 0 Å². The molecule has 1 N–H and O–H groups in total. The average molecular weight is 344 g/mol. The van der Waals surface area contributed by atoms with Crippen molar-refractivity contribution in [2.45, 2.75) is 32.6 Å². The SMILES string of the molecule is CCCCN(C(=O)CCCNC(=O)c1ccsc1)c1ccccc1. The van der Waals surface area contributed by atoms with Crippen LogP contribution in [0.5, 0.6) is 0 Å². The van der Waals surface area contributed by atoms with Crippen molar-refractivity contribution in [3.63, 3.8) is 0 Å². The first-order valence-electron chi connectivity index (χ1n) is 8.38. The third-order valence-corrected chi connectivity index (χ3v) is 4.42. The second-order valence-electron chi connectivity index (χ2n) is 5.61. The first-order valence-corrected chi connectivity index (χ1v) is 9.32. The number of hydrogen-bond acceptors (Lipinski definition) is 3. The van der Waals surface area contributed by atoms with E-state index in [1.165, 1.54) is 11.3 Å². The molecule has 2 rings (SSSR count). The first-order chi connectivity index (χ1) is 11.7. The Morgan fingerprint density at radius 2 is 1.92 bits per heavy atom. The van der Waals surface area contributed by atoms with E-state index in [-0.39, 0.29) is 11.8 Å². The number of carbonyl (C=O) groups excluding carboxylic acids is 2. The predicted molar refractivity (Wildman–Crippen MR) is 99.6 cm³/mol. The fourth-order valence-electron chi connectivity index (χ4n) is 2.39. The smallest absolute Gasteiger partial charge is 0.252 e. The van der Waals surface area contributed by atoms with E-state index >= 15 is 0 Å². The number of benzene rings is 1. The molecule has 24 heavy (non-hydrogen) atoms. The summed E-state index contributed by atoms with van der Waals surface area (Å²) in [5, 5.41) is 6.56. The Labute approximate surface area is 147 Å². The highest BCUT2D eigenvalue weighted by molar-refractivity contribution is 7.08. The van der Waals surface area contributed by atoms with Crippen molar-refractivity contribution in [2.75, 3.05) is 18.0 Å². The molecule has 5 heteroatoms. The highest BCUT2D eigenvalue weighted by Gasteiger charge is 2.14. The molecule has 0 bridgehead atoms. The van der Waals surface area contributed by atoms with Crippen LogP contribution in [-0.2, 0) is 4.79 Å². The predicted octanol–water partition coefficient (Wildman–Crippen LogP) is 4.09. The number of para-hydroxylation sites is 1. The van der Waals surface area contributed by atoms with Crippen molar-refractivity contribution >= 4 is 28.8 Å². The van der Waals surface area contributed by atoms with Gasteiger partial charge in [0.25, 0.3) is 5.91 Å². The molecule has 0 aliphatic rings. The molecular weight excluding hydrogens is 320 g/mol. The molecule has 128 valence electrons. The summed E-state index contributed by atoms with van der Waals surface area (Å²) in [6, 6.07) is 11.6. The summed E-state index contributed by atoms with van der Waals surface area (Å²) in [6.07, 6.45) is 3.11. The Bertz CT molecular complexity index is 626. The second-order valence-corrected chi connectivity index (χ2v) is 6.39. The normalized spacial score (nSPS) is 10.4. The molecule has 1 heterocycles. The van der Waals surface area contributed by atoms with Crippen molar-refractivity contribution in [1.29, 1.82) is 0 Å². The Balaban J connectivity index is 1.81. The lowest BCUT2D eigenvalue weighted by Crippen LogP contribution is -2.32. The van der Waals surface area contributed by atoms with Gasteiger partial charge in [-0.1, -0.05) is 31.5 Å². The van der Waals surface area contributed by atoms with Crippen molar-refractivity contribution < 1.29 is 9.59 Å². The van der Waals surface area contributed by atoms with Gasteiger partial charge in [0.1, 0.15) is 0 Å². The third-order valence-electron chi connectivity index (χ3n) is 3.74. The van der Waals surface area contributed by atoms with Gasteiger partial charge in [0.2, 0.25) is 5.91 Å². The number of anilines is 1. The maximum atomic E-state index is 12.5. The van der Waals surface area contributed by atoms with E-state index in [4.69, 9.17) is 0 Å². The van der Waals surface area contributed by atoms with Crippen molar-refractivity contribution in [2.24, 2.45) is 0 Å². The van der Waals surface area contributed by atoms with Crippen LogP contribution in [0.4, 0.5) is 5.69 Å². The van der Waals surface area contributed by atoms with Gasteiger partial charge in [-0.25, -0.2) is 0 Å². The number of rotatable bonds is 9. The van der Waals surface area contributed by atoms with Crippen LogP contribution >= 0.6 is 11.3 Å². The Hall–Kier alpha value is -2.14. The molecule has 1 aromatic heterocycles. The van der Waals surface area contributed by atoms with Crippen molar-refractivity contribution in [3.05, 3.63) is 52.7 Å². The zero-order valence-corrected chi connectivity index (χ0v) is 14.8. The maximum absolute atomic E-state index is 12.5. The highest BCUT2D eigenvalue weighted by atomic mass is 32.1. The number of hydrogen-bond donors (Lipinski definition) is 1. The monoisotopic (exact) mass is 344 g/mol. The van der Waals surface area contributed by atoms with Crippen LogP contribution in [-0.4, -0.2) is 24.9 Å². The number of thiophene rings is 1. The van der Waals surface area contributed by atoms with Crippen molar-refractivity contribution in [3.8, 4) is 0 Å². The van der Waals surface area contributed by atoms with Crippen LogP contribution in [0.25, 0.3) is 0 Å². The summed E-state index contributed by atoms with van der Waals surface area (Å²) in [5.41, 5.74) is 1.62.